The van der Waals surface area contributed by atoms with Crippen LogP contribution in [0.15, 0.2) is 24.3 Å². The fourth-order valence-corrected chi connectivity index (χ4v) is 2.08. The van der Waals surface area contributed by atoms with Gasteiger partial charge in [-0.05, 0) is 24.5 Å². The van der Waals surface area contributed by atoms with Crippen molar-refractivity contribution in [3.63, 3.8) is 0 Å². The summed E-state index contributed by atoms with van der Waals surface area (Å²) in [7, 11) is 3.34. The number of benzene rings is 1. The minimum absolute atomic E-state index is 0.0473. The maximum atomic E-state index is 12.0. The van der Waals surface area contributed by atoms with Gasteiger partial charge in [0.25, 0.3) is 0 Å². The van der Waals surface area contributed by atoms with Crippen LogP contribution in [0, 0.1) is 0 Å². The van der Waals surface area contributed by atoms with Gasteiger partial charge in [-0.3, -0.25) is 9.59 Å². The van der Waals surface area contributed by atoms with Crippen LogP contribution in [-0.4, -0.2) is 43.4 Å². The number of rotatable bonds is 3. The van der Waals surface area contributed by atoms with E-state index in [-0.39, 0.29) is 24.4 Å². The molecule has 0 radical (unpaired) electrons. The Labute approximate surface area is 113 Å². The molecule has 102 valence electrons. The van der Waals surface area contributed by atoms with Crippen LogP contribution < -0.4 is 10.6 Å². The Hall–Kier alpha value is -2.04. The van der Waals surface area contributed by atoms with Crippen molar-refractivity contribution in [1.82, 2.24) is 10.2 Å². The number of anilines is 1. The number of likely N-dealkylation sites (N-methyl/N-ethyl adjacent to an activating group) is 1. The third-order valence-corrected chi connectivity index (χ3v) is 3.28. The van der Waals surface area contributed by atoms with E-state index in [0.29, 0.717) is 0 Å². The predicted molar refractivity (Wildman–Crippen MR) is 73.9 cm³/mol. The Morgan fingerprint density at radius 1 is 1.37 bits per heavy atom. The number of aryl methyl sites for hydroxylation is 1. The minimum atomic E-state index is -0.259. The van der Waals surface area contributed by atoms with Crippen molar-refractivity contribution < 1.29 is 9.59 Å². The van der Waals surface area contributed by atoms with Crippen LogP contribution in [-0.2, 0) is 16.0 Å². The number of carbonyl (C=O) groups is 2. The van der Waals surface area contributed by atoms with Gasteiger partial charge < -0.3 is 15.5 Å². The van der Waals surface area contributed by atoms with Crippen LogP contribution in [0.25, 0.3) is 0 Å². The van der Waals surface area contributed by atoms with E-state index < -0.39 is 0 Å². The van der Waals surface area contributed by atoms with E-state index in [1.165, 1.54) is 10.5 Å². The molecular formula is C14H19N3O2. The van der Waals surface area contributed by atoms with Crippen molar-refractivity contribution in [1.29, 1.82) is 0 Å². The normalized spacial score (nSPS) is 17.1. The second-order valence-electron chi connectivity index (χ2n) is 4.90. The summed E-state index contributed by atoms with van der Waals surface area (Å²) < 4.78 is 0. The molecule has 2 rings (SSSR count). The molecule has 1 heterocycles. The Morgan fingerprint density at radius 3 is 2.84 bits per heavy atom. The second kappa shape index (κ2) is 5.73. The largest absolute Gasteiger partial charge is 0.373 e. The van der Waals surface area contributed by atoms with Gasteiger partial charge in [0.05, 0.1) is 6.54 Å². The zero-order valence-electron chi connectivity index (χ0n) is 11.3. The summed E-state index contributed by atoms with van der Waals surface area (Å²) in [6.07, 6.45) is 1.63. The van der Waals surface area contributed by atoms with Crippen LogP contribution in [0.5, 0.6) is 0 Å². The van der Waals surface area contributed by atoms with Gasteiger partial charge >= 0.3 is 0 Å². The lowest BCUT2D eigenvalue weighted by Crippen LogP contribution is -2.45. The van der Waals surface area contributed by atoms with Crippen LogP contribution >= 0.6 is 0 Å². The molecule has 1 atom stereocenters. The molecule has 5 nitrogen and oxygen atoms in total. The number of fused-ring (bicyclic) bond motifs is 1. The Bertz CT molecular complexity index is 485. The number of nitrogens with one attached hydrogen (secondary N) is 2. The van der Waals surface area contributed by atoms with Crippen LogP contribution in [0.3, 0.4) is 0 Å². The number of para-hydroxylation sites is 1. The highest BCUT2D eigenvalue weighted by Crippen LogP contribution is 2.24. The molecule has 0 saturated heterocycles. The van der Waals surface area contributed by atoms with Gasteiger partial charge in [0.15, 0.2) is 0 Å². The molecule has 1 aliphatic rings. The van der Waals surface area contributed by atoms with Crippen molar-refractivity contribution in [3.05, 3.63) is 29.8 Å². The van der Waals surface area contributed by atoms with Crippen molar-refractivity contribution in [2.75, 3.05) is 26.0 Å². The van der Waals surface area contributed by atoms with E-state index >= 15 is 0 Å². The summed E-state index contributed by atoms with van der Waals surface area (Å²) >= 11 is 0. The van der Waals surface area contributed by atoms with Crippen molar-refractivity contribution in [2.45, 2.75) is 18.9 Å². The first-order valence-corrected chi connectivity index (χ1v) is 6.40. The molecule has 1 aliphatic heterocycles. The highest BCUT2D eigenvalue weighted by atomic mass is 16.2. The molecule has 0 bridgehead atoms. The Kier molecular flexibility index (Phi) is 4.04. The van der Waals surface area contributed by atoms with E-state index in [1.54, 1.807) is 14.1 Å². The topological polar surface area (TPSA) is 61.4 Å². The highest BCUT2D eigenvalue weighted by molar-refractivity contribution is 5.89. The molecule has 0 aromatic heterocycles. The van der Waals surface area contributed by atoms with Gasteiger partial charge in [-0.15, -0.1) is 0 Å². The predicted octanol–water partition coefficient (Wildman–Crippen LogP) is 0.618. The van der Waals surface area contributed by atoms with Crippen LogP contribution in [0.2, 0.25) is 0 Å². The third kappa shape index (κ3) is 3.24. The molecule has 1 aromatic rings. The molecule has 5 heteroatoms. The summed E-state index contributed by atoms with van der Waals surface area (Å²) in [5, 5.41) is 5.88. The average Bonchev–Trinajstić information content (AvgIpc) is 2.43. The van der Waals surface area contributed by atoms with Crippen LogP contribution in [0.4, 0.5) is 5.69 Å². The molecule has 0 saturated carbocycles. The zero-order chi connectivity index (χ0) is 13.8. The molecule has 19 heavy (non-hydrogen) atoms. The van der Waals surface area contributed by atoms with Gasteiger partial charge in [-0.25, -0.2) is 0 Å². The SMILES string of the molecule is CN(C)C(=O)CNC(=O)C1CCc2ccccc2N1. The van der Waals surface area contributed by atoms with E-state index in [2.05, 4.69) is 16.7 Å². The quantitative estimate of drug-likeness (QED) is 0.838. The van der Waals surface area contributed by atoms with E-state index in [4.69, 9.17) is 0 Å². The Balaban J connectivity index is 1.90. The first-order valence-electron chi connectivity index (χ1n) is 6.40. The number of nitrogens with zero attached hydrogens (tertiary/aromatic N) is 1. The fourth-order valence-electron chi connectivity index (χ4n) is 2.08. The molecule has 0 spiro atoms. The van der Waals surface area contributed by atoms with Gasteiger partial charge in [0.1, 0.15) is 6.04 Å². The molecule has 2 N–H and O–H groups in total. The van der Waals surface area contributed by atoms with Crippen molar-refractivity contribution in [2.24, 2.45) is 0 Å². The van der Waals surface area contributed by atoms with Crippen molar-refractivity contribution >= 4 is 17.5 Å². The zero-order valence-corrected chi connectivity index (χ0v) is 11.3. The van der Waals surface area contributed by atoms with Crippen molar-refractivity contribution in [3.8, 4) is 0 Å². The number of hydrogen-bond donors (Lipinski definition) is 2. The van der Waals surface area contributed by atoms with Gasteiger partial charge in [-0.2, -0.15) is 0 Å². The maximum absolute atomic E-state index is 12.0. The number of hydrogen-bond acceptors (Lipinski definition) is 3. The molecule has 2 amide bonds. The second-order valence-corrected chi connectivity index (χ2v) is 4.90. The molecule has 0 fully saturated rings. The standard InChI is InChI=1S/C14H19N3O2/c1-17(2)13(18)9-15-14(19)12-8-7-10-5-3-4-6-11(10)16-12/h3-6,12,16H,7-9H2,1-2H3,(H,15,19). The summed E-state index contributed by atoms with van der Waals surface area (Å²) in [6.45, 7) is 0.0473. The fraction of sp³-hybridized carbons (Fsp3) is 0.429. The lowest BCUT2D eigenvalue weighted by molar-refractivity contribution is -0.131. The monoisotopic (exact) mass is 261 g/mol. The average molecular weight is 261 g/mol. The molecular weight excluding hydrogens is 242 g/mol. The molecule has 1 aromatic carbocycles. The van der Waals surface area contributed by atoms with E-state index in [0.717, 1.165) is 18.5 Å². The first-order chi connectivity index (χ1) is 9.08. The van der Waals surface area contributed by atoms with Gasteiger partial charge in [0, 0.05) is 19.8 Å². The summed E-state index contributed by atoms with van der Waals surface area (Å²) in [5.74, 6) is -0.228. The van der Waals surface area contributed by atoms with Gasteiger partial charge in [-0.1, -0.05) is 18.2 Å². The minimum Gasteiger partial charge on any atom is -0.373 e. The summed E-state index contributed by atoms with van der Waals surface area (Å²) in [4.78, 5) is 24.9. The number of carbonyl (C=O) groups excluding carboxylic acids is 2. The third-order valence-electron chi connectivity index (χ3n) is 3.28. The lowest BCUT2D eigenvalue weighted by atomic mass is 9.98. The van der Waals surface area contributed by atoms with E-state index in [1.807, 2.05) is 18.2 Å². The molecule has 1 unspecified atom stereocenters. The molecule has 0 aliphatic carbocycles. The first kappa shape index (κ1) is 13.4. The maximum Gasteiger partial charge on any atom is 0.242 e. The Morgan fingerprint density at radius 2 is 2.11 bits per heavy atom. The van der Waals surface area contributed by atoms with E-state index in [9.17, 15) is 9.59 Å². The highest BCUT2D eigenvalue weighted by Gasteiger charge is 2.23. The van der Waals surface area contributed by atoms with Gasteiger partial charge in [0.2, 0.25) is 11.8 Å². The lowest BCUT2D eigenvalue weighted by Gasteiger charge is -2.26. The van der Waals surface area contributed by atoms with Crippen LogP contribution in [0.1, 0.15) is 12.0 Å². The smallest absolute Gasteiger partial charge is 0.242 e. The summed E-state index contributed by atoms with van der Waals surface area (Å²) in [5.41, 5.74) is 2.24. The number of amides is 2. The summed E-state index contributed by atoms with van der Waals surface area (Å²) in [6, 6.07) is 7.72.